The number of rotatable bonds is 0. The lowest BCUT2D eigenvalue weighted by Crippen LogP contribution is -2.19. The van der Waals surface area contributed by atoms with E-state index in [1.807, 2.05) is 19.9 Å². The molecular formula is C10H10BrNO. The SMILES string of the molecule is CC1(C)Cc2ccnc(Br)c2C1=O. The van der Waals surface area contributed by atoms with Gasteiger partial charge in [-0.2, -0.15) is 0 Å². The number of pyridine rings is 1. The number of halogens is 1. The zero-order chi connectivity index (χ0) is 9.64. The Morgan fingerprint density at radius 3 is 2.85 bits per heavy atom. The van der Waals surface area contributed by atoms with Gasteiger partial charge in [0.1, 0.15) is 4.60 Å². The molecule has 3 heteroatoms. The summed E-state index contributed by atoms with van der Waals surface area (Å²) >= 11 is 3.31. The van der Waals surface area contributed by atoms with E-state index in [9.17, 15) is 4.79 Å². The van der Waals surface area contributed by atoms with Crippen molar-refractivity contribution in [3.63, 3.8) is 0 Å². The molecule has 0 fully saturated rings. The Morgan fingerprint density at radius 2 is 2.23 bits per heavy atom. The fourth-order valence-electron chi connectivity index (χ4n) is 1.75. The molecule has 0 bridgehead atoms. The Kier molecular flexibility index (Phi) is 1.80. The summed E-state index contributed by atoms with van der Waals surface area (Å²) in [6.07, 6.45) is 2.56. The van der Waals surface area contributed by atoms with Gasteiger partial charge in [0.05, 0.1) is 5.56 Å². The van der Waals surface area contributed by atoms with Gasteiger partial charge < -0.3 is 0 Å². The highest BCUT2D eigenvalue weighted by Crippen LogP contribution is 2.38. The quantitative estimate of drug-likeness (QED) is 0.652. The molecular weight excluding hydrogens is 230 g/mol. The lowest BCUT2D eigenvalue weighted by molar-refractivity contribution is 0.0862. The van der Waals surface area contributed by atoms with Crippen LogP contribution in [0.2, 0.25) is 0 Å². The monoisotopic (exact) mass is 239 g/mol. The molecule has 2 rings (SSSR count). The predicted octanol–water partition coefficient (Wildman–Crippen LogP) is 2.61. The standard InChI is InChI=1S/C10H10BrNO/c1-10(2)5-6-3-4-12-9(11)7(6)8(10)13/h3-4H,5H2,1-2H3. The number of Topliss-reactive ketones (excluding diaryl/α,β-unsaturated/α-hetero) is 1. The fourth-order valence-corrected chi connectivity index (χ4v) is 2.31. The Balaban J connectivity index is 2.64. The van der Waals surface area contributed by atoms with Crippen molar-refractivity contribution in [3.8, 4) is 0 Å². The molecule has 13 heavy (non-hydrogen) atoms. The maximum absolute atomic E-state index is 11.9. The number of hydrogen-bond donors (Lipinski definition) is 0. The summed E-state index contributed by atoms with van der Waals surface area (Å²) in [5.74, 6) is 0.197. The van der Waals surface area contributed by atoms with Crippen LogP contribution in [0.1, 0.15) is 29.8 Å². The van der Waals surface area contributed by atoms with Crippen LogP contribution in [0.4, 0.5) is 0 Å². The molecule has 68 valence electrons. The summed E-state index contributed by atoms with van der Waals surface area (Å²) in [5, 5.41) is 0. The highest BCUT2D eigenvalue weighted by molar-refractivity contribution is 9.10. The normalized spacial score (nSPS) is 18.8. The molecule has 0 saturated heterocycles. The van der Waals surface area contributed by atoms with Gasteiger partial charge in [0, 0.05) is 11.6 Å². The second-order valence-corrected chi connectivity index (χ2v) is 4.78. The maximum atomic E-state index is 11.9. The van der Waals surface area contributed by atoms with E-state index in [1.54, 1.807) is 6.20 Å². The van der Waals surface area contributed by atoms with Crippen molar-refractivity contribution < 1.29 is 4.79 Å². The van der Waals surface area contributed by atoms with Crippen molar-refractivity contribution >= 4 is 21.7 Å². The summed E-state index contributed by atoms with van der Waals surface area (Å²) < 4.78 is 0.681. The number of carbonyl (C=O) groups excluding carboxylic acids is 1. The molecule has 1 aromatic rings. The molecule has 0 radical (unpaired) electrons. The molecule has 0 unspecified atom stereocenters. The summed E-state index contributed by atoms with van der Waals surface area (Å²) in [7, 11) is 0. The summed E-state index contributed by atoms with van der Waals surface area (Å²) in [6.45, 7) is 3.95. The summed E-state index contributed by atoms with van der Waals surface area (Å²) in [5.41, 5.74) is 1.62. The largest absolute Gasteiger partial charge is 0.293 e. The number of hydrogen-bond acceptors (Lipinski definition) is 2. The van der Waals surface area contributed by atoms with Gasteiger partial charge in [-0.25, -0.2) is 4.98 Å². The van der Waals surface area contributed by atoms with Gasteiger partial charge in [0.15, 0.2) is 5.78 Å². The third kappa shape index (κ3) is 1.22. The number of ketones is 1. The highest BCUT2D eigenvalue weighted by Gasteiger charge is 2.38. The van der Waals surface area contributed by atoms with E-state index in [-0.39, 0.29) is 11.2 Å². The summed E-state index contributed by atoms with van der Waals surface area (Å²) in [6, 6.07) is 1.92. The van der Waals surface area contributed by atoms with Crippen LogP contribution in [0, 0.1) is 5.41 Å². The van der Waals surface area contributed by atoms with Crippen LogP contribution >= 0.6 is 15.9 Å². The molecule has 1 heterocycles. The van der Waals surface area contributed by atoms with Gasteiger partial charge in [-0.1, -0.05) is 13.8 Å². The second kappa shape index (κ2) is 2.64. The van der Waals surface area contributed by atoms with E-state index in [0.29, 0.717) is 4.60 Å². The van der Waals surface area contributed by atoms with Crippen LogP contribution < -0.4 is 0 Å². The summed E-state index contributed by atoms with van der Waals surface area (Å²) in [4.78, 5) is 15.9. The van der Waals surface area contributed by atoms with Gasteiger partial charge in [0.25, 0.3) is 0 Å². The van der Waals surface area contributed by atoms with Crippen LogP contribution in [0.25, 0.3) is 0 Å². The van der Waals surface area contributed by atoms with Crippen LogP contribution in [0.15, 0.2) is 16.9 Å². The third-order valence-electron chi connectivity index (χ3n) is 2.47. The van der Waals surface area contributed by atoms with E-state index < -0.39 is 0 Å². The number of aromatic nitrogens is 1. The van der Waals surface area contributed by atoms with Crippen molar-refractivity contribution in [1.29, 1.82) is 0 Å². The fraction of sp³-hybridized carbons (Fsp3) is 0.400. The Bertz CT molecular complexity index is 385. The van der Waals surface area contributed by atoms with E-state index in [0.717, 1.165) is 17.5 Å². The minimum atomic E-state index is -0.256. The molecule has 0 aliphatic heterocycles. The molecule has 0 saturated carbocycles. The van der Waals surface area contributed by atoms with E-state index >= 15 is 0 Å². The van der Waals surface area contributed by atoms with Crippen LogP contribution in [-0.4, -0.2) is 10.8 Å². The van der Waals surface area contributed by atoms with E-state index in [4.69, 9.17) is 0 Å². The van der Waals surface area contributed by atoms with Gasteiger partial charge in [0.2, 0.25) is 0 Å². The minimum Gasteiger partial charge on any atom is -0.293 e. The van der Waals surface area contributed by atoms with Crippen LogP contribution in [0.3, 0.4) is 0 Å². The molecule has 0 aromatic carbocycles. The maximum Gasteiger partial charge on any atom is 0.171 e. The average molecular weight is 240 g/mol. The van der Waals surface area contributed by atoms with Crippen molar-refractivity contribution in [3.05, 3.63) is 28.0 Å². The van der Waals surface area contributed by atoms with Crippen molar-refractivity contribution in [2.75, 3.05) is 0 Å². The van der Waals surface area contributed by atoms with E-state index in [2.05, 4.69) is 20.9 Å². The smallest absolute Gasteiger partial charge is 0.171 e. The first kappa shape index (κ1) is 8.88. The van der Waals surface area contributed by atoms with Crippen molar-refractivity contribution in [2.45, 2.75) is 20.3 Å². The average Bonchev–Trinajstić information content (AvgIpc) is 2.24. The van der Waals surface area contributed by atoms with Crippen LogP contribution in [0.5, 0.6) is 0 Å². The number of nitrogens with zero attached hydrogens (tertiary/aromatic N) is 1. The van der Waals surface area contributed by atoms with Gasteiger partial charge in [-0.3, -0.25) is 4.79 Å². The number of carbonyl (C=O) groups is 1. The van der Waals surface area contributed by atoms with Crippen LogP contribution in [-0.2, 0) is 6.42 Å². The molecule has 0 spiro atoms. The topological polar surface area (TPSA) is 30.0 Å². The molecule has 1 aliphatic rings. The molecule has 1 aromatic heterocycles. The predicted molar refractivity (Wildman–Crippen MR) is 53.8 cm³/mol. The first-order valence-corrected chi connectivity index (χ1v) is 5.00. The molecule has 0 amide bonds. The zero-order valence-electron chi connectivity index (χ0n) is 7.60. The first-order chi connectivity index (χ1) is 6.02. The highest BCUT2D eigenvalue weighted by atomic mass is 79.9. The molecule has 0 atom stereocenters. The lowest BCUT2D eigenvalue weighted by atomic mass is 9.89. The van der Waals surface area contributed by atoms with Gasteiger partial charge in [-0.05, 0) is 34.0 Å². The Morgan fingerprint density at radius 1 is 1.54 bits per heavy atom. The third-order valence-corrected chi connectivity index (χ3v) is 3.07. The minimum absolute atomic E-state index is 0.197. The number of fused-ring (bicyclic) bond motifs is 1. The molecule has 1 aliphatic carbocycles. The van der Waals surface area contributed by atoms with Gasteiger partial charge >= 0.3 is 0 Å². The zero-order valence-corrected chi connectivity index (χ0v) is 9.18. The Hall–Kier alpha value is -0.700. The van der Waals surface area contributed by atoms with Gasteiger partial charge in [-0.15, -0.1) is 0 Å². The Labute approximate surface area is 85.5 Å². The molecule has 2 nitrogen and oxygen atoms in total. The second-order valence-electron chi connectivity index (χ2n) is 4.03. The first-order valence-electron chi connectivity index (χ1n) is 4.20. The lowest BCUT2D eigenvalue weighted by Gasteiger charge is -2.13. The van der Waals surface area contributed by atoms with Crippen molar-refractivity contribution in [2.24, 2.45) is 5.41 Å². The van der Waals surface area contributed by atoms with Crippen molar-refractivity contribution in [1.82, 2.24) is 4.98 Å². The van der Waals surface area contributed by atoms with E-state index in [1.165, 1.54) is 0 Å². The molecule has 0 N–H and O–H groups in total.